The molecule has 0 bridgehead atoms. The number of aliphatic imine (C=N–C) groups is 1. The predicted octanol–water partition coefficient (Wildman–Crippen LogP) is 3.87. The first-order valence-corrected chi connectivity index (χ1v) is 9.93. The number of halogens is 2. The van der Waals surface area contributed by atoms with Gasteiger partial charge in [0.15, 0.2) is 5.96 Å². The standard InChI is InChI=1S/C19H26ClN3O3S.HI/c1-4-21-19(23-12-15(24)17-7-8-18(20)27-17)22-10-9-13-11-14(25-2)5-6-16(13)26-3;/h5-8,11,15,24H,4,9-10,12H2,1-3H3,(H2,21,22,23);1H. The number of hydrogen-bond donors (Lipinski definition) is 3. The van der Waals surface area contributed by atoms with E-state index in [1.807, 2.05) is 31.2 Å². The summed E-state index contributed by atoms with van der Waals surface area (Å²) >= 11 is 7.28. The largest absolute Gasteiger partial charge is 0.497 e. The van der Waals surface area contributed by atoms with Gasteiger partial charge < -0.3 is 25.2 Å². The number of aliphatic hydroxyl groups excluding tert-OH is 1. The number of ether oxygens (including phenoxy) is 2. The lowest BCUT2D eigenvalue weighted by atomic mass is 10.1. The molecular weight excluding hydrogens is 513 g/mol. The third kappa shape index (κ3) is 7.65. The van der Waals surface area contributed by atoms with Crippen LogP contribution in [0.5, 0.6) is 11.5 Å². The zero-order valence-electron chi connectivity index (χ0n) is 16.2. The van der Waals surface area contributed by atoms with Crippen LogP contribution in [0.25, 0.3) is 0 Å². The number of aliphatic hydroxyl groups is 1. The van der Waals surface area contributed by atoms with Gasteiger partial charge in [-0.1, -0.05) is 11.6 Å². The van der Waals surface area contributed by atoms with Gasteiger partial charge in [-0.05, 0) is 49.2 Å². The highest BCUT2D eigenvalue weighted by molar-refractivity contribution is 14.0. The van der Waals surface area contributed by atoms with Crippen LogP contribution in [0.4, 0.5) is 0 Å². The molecule has 0 saturated heterocycles. The van der Waals surface area contributed by atoms with E-state index in [4.69, 9.17) is 21.1 Å². The minimum atomic E-state index is -0.670. The Bertz CT molecular complexity index is 758. The zero-order valence-corrected chi connectivity index (χ0v) is 20.1. The quantitative estimate of drug-likeness (QED) is 0.256. The van der Waals surface area contributed by atoms with Crippen LogP contribution in [0.15, 0.2) is 35.3 Å². The van der Waals surface area contributed by atoms with Crippen LogP contribution in [0, 0.1) is 0 Å². The molecule has 1 heterocycles. The molecule has 1 unspecified atom stereocenters. The van der Waals surface area contributed by atoms with Crippen molar-refractivity contribution in [3.63, 3.8) is 0 Å². The molecule has 1 aromatic heterocycles. The lowest BCUT2D eigenvalue weighted by molar-refractivity contribution is 0.191. The van der Waals surface area contributed by atoms with Crippen LogP contribution in [-0.4, -0.2) is 44.9 Å². The van der Waals surface area contributed by atoms with E-state index in [0.29, 0.717) is 16.8 Å². The third-order valence-electron chi connectivity index (χ3n) is 3.86. The van der Waals surface area contributed by atoms with Crippen molar-refractivity contribution in [1.82, 2.24) is 10.6 Å². The van der Waals surface area contributed by atoms with Crippen molar-refractivity contribution < 1.29 is 14.6 Å². The third-order valence-corrected chi connectivity index (χ3v) is 5.20. The first-order chi connectivity index (χ1) is 13.1. The molecule has 0 spiro atoms. The normalized spacial score (nSPS) is 12.1. The Morgan fingerprint density at radius 1 is 1.21 bits per heavy atom. The van der Waals surface area contributed by atoms with Gasteiger partial charge in [0.05, 0.1) is 25.1 Å². The van der Waals surface area contributed by atoms with E-state index in [-0.39, 0.29) is 30.5 Å². The van der Waals surface area contributed by atoms with Crippen LogP contribution in [0.3, 0.4) is 0 Å². The lowest BCUT2D eigenvalue weighted by Gasteiger charge is -2.14. The van der Waals surface area contributed by atoms with Crippen molar-refractivity contribution in [2.45, 2.75) is 19.4 Å². The van der Waals surface area contributed by atoms with E-state index in [0.717, 1.165) is 34.9 Å². The molecule has 0 amide bonds. The van der Waals surface area contributed by atoms with Gasteiger partial charge in [0, 0.05) is 18.0 Å². The van der Waals surface area contributed by atoms with Crippen molar-refractivity contribution in [2.24, 2.45) is 4.99 Å². The zero-order chi connectivity index (χ0) is 19.6. The van der Waals surface area contributed by atoms with Crippen molar-refractivity contribution in [2.75, 3.05) is 33.9 Å². The summed E-state index contributed by atoms with van der Waals surface area (Å²) in [6.07, 6.45) is 0.0740. The summed E-state index contributed by atoms with van der Waals surface area (Å²) in [6, 6.07) is 9.34. The molecule has 9 heteroatoms. The number of rotatable bonds is 9. The maximum atomic E-state index is 10.2. The number of nitrogens with zero attached hydrogens (tertiary/aromatic N) is 1. The van der Waals surface area contributed by atoms with Crippen molar-refractivity contribution >= 4 is 52.9 Å². The minimum absolute atomic E-state index is 0. The second kappa shape index (κ2) is 13.1. The molecule has 28 heavy (non-hydrogen) atoms. The molecule has 3 N–H and O–H groups in total. The molecule has 1 aromatic carbocycles. The molecule has 0 radical (unpaired) electrons. The van der Waals surface area contributed by atoms with Gasteiger partial charge in [0.2, 0.25) is 0 Å². The van der Waals surface area contributed by atoms with Gasteiger partial charge >= 0.3 is 0 Å². The number of methoxy groups -OCH3 is 2. The number of thiophene rings is 1. The molecule has 1 atom stereocenters. The highest BCUT2D eigenvalue weighted by Crippen LogP contribution is 2.27. The summed E-state index contributed by atoms with van der Waals surface area (Å²) in [5.74, 6) is 2.27. The fraction of sp³-hybridized carbons (Fsp3) is 0.421. The van der Waals surface area contributed by atoms with E-state index >= 15 is 0 Å². The highest BCUT2D eigenvalue weighted by Gasteiger charge is 2.10. The Balaban J connectivity index is 0.00000392. The SMILES string of the molecule is CCNC(=NCC(O)c1ccc(Cl)s1)NCCc1cc(OC)ccc1OC.I. The lowest BCUT2D eigenvalue weighted by Crippen LogP contribution is -2.38. The van der Waals surface area contributed by atoms with Gasteiger partial charge in [0.25, 0.3) is 0 Å². The van der Waals surface area contributed by atoms with Crippen LogP contribution in [0.1, 0.15) is 23.5 Å². The van der Waals surface area contributed by atoms with E-state index in [9.17, 15) is 5.11 Å². The molecule has 0 aliphatic rings. The Morgan fingerprint density at radius 2 is 2.00 bits per heavy atom. The molecule has 2 aromatic rings. The second-order valence-electron chi connectivity index (χ2n) is 5.73. The van der Waals surface area contributed by atoms with Crippen molar-refractivity contribution in [3.05, 3.63) is 45.1 Å². The monoisotopic (exact) mass is 539 g/mol. The van der Waals surface area contributed by atoms with E-state index < -0.39 is 6.10 Å². The number of benzene rings is 1. The number of nitrogens with one attached hydrogen (secondary N) is 2. The Morgan fingerprint density at radius 3 is 2.61 bits per heavy atom. The van der Waals surface area contributed by atoms with Gasteiger partial charge in [-0.2, -0.15) is 0 Å². The van der Waals surface area contributed by atoms with Gasteiger partial charge in [0.1, 0.15) is 17.6 Å². The first kappa shape index (κ1) is 24.8. The first-order valence-electron chi connectivity index (χ1n) is 8.73. The summed E-state index contributed by atoms with van der Waals surface area (Å²) in [4.78, 5) is 5.26. The van der Waals surface area contributed by atoms with Crippen LogP contribution in [-0.2, 0) is 6.42 Å². The maximum Gasteiger partial charge on any atom is 0.191 e. The van der Waals surface area contributed by atoms with E-state index in [1.54, 1.807) is 20.3 Å². The van der Waals surface area contributed by atoms with Crippen LogP contribution in [0.2, 0.25) is 4.34 Å². The molecule has 6 nitrogen and oxygen atoms in total. The van der Waals surface area contributed by atoms with Gasteiger partial charge in [-0.15, -0.1) is 35.3 Å². The van der Waals surface area contributed by atoms with Crippen molar-refractivity contribution in [1.29, 1.82) is 0 Å². The minimum Gasteiger partial charge on any atom is -0.497 e. The topological polar surface area (TPSA) is 75.1 Å². The smallest absolute Gasteiger partial charge is 0.191 e. The fourth-order valence-corrected chi connectivity index (χ4v) is 3.55. The second-order valence-corrected chi connectivity index (χ2v) is 7.48. The van der Waals surface area contributed by atoms with E-state index in [2.05, 4.69) is 15.6 Å². The van der Waals surface area contributed by atoms with Gasteiger partial charge in [-0.3, -0.25) is 4.99 Å². The summed E-state index contributed by atoms with van der Waals surface area (Å²) in [5.41, 5.74) is 1.05. The molecule has 2 rings (SSSR count). The molecule has 156 valence electrons. The van der Waals surface area contributed by atoms with Crippen molar-refractivity contribution in [3.8, 4) is 11.5 Å². The average molecular weight is 540 g/mol. The molecule has 0 aliphatic heterocycles. The van der Waals surface area contributed by atoms with Gasteiger partial charge in [-0.25, -0.2) is 0 Å². The number of hydrogen-bond acceptors (Lipinski definition) is 5. The molecular formula is C19H27ClIN3O3S. The maximum absolute atomic E-state index is 10.2. The summed E-state index contributed by atoms with van der Waals surface area (Å²) in [6.45, 7) is 3.65. The van der Waals surface area contributed by atoms with E-state index in [1.165, 1.54) is 11.3 Å². The molecule has 0 fully saturated rings. The Hall–Kier alpha value is -1.23. The average Bonchev–Trinajstić information content (AvgIpc) is 3.12. The molecule has 0 saturated carbocycles. The van der Waals surface area contributed by atoms with Crippen LogP contribution < -0.4 is 20.1 Å². The summed E-state index contributed by atoms with van der Waals surface area (Å²) < 4.78 is 11.3. The summed E-state index contributed by atoms with van der Waals surface area (Å²) in [7, 11) is 3.30. The molecule has 0 aliphatic carbocycles. The summed E-state index contributed by atoms with van der Waals surface area (Å²) in [5, 5.41) is 16.7. The Labute approximate surface area is 192 Å². The highest BCUT2D eigenvalue weighted by atomic mass is 127. The number of guanidine groups is 1. The Kier molecular flexibility index (Phi) is 11.6. The van der Waals surface area contributed by atoms with Crippen LogP contribution >= 0.6 is 46.9 Å². The predicted molar refractivity (Wildman–Crippen MR) is 127 cm³/mol. The fourth-order valence-electron chi connectivity index (χ4n) is 2.51.